The highest BCUT2D eigenvalue weighted by Gasteiger charge is 2.76. The maximum atomic E-state index is 13.4. The summed E-state index contributed by atoms with van der Waals surface area (Å²) >= 11 is 7.35. The van der Waals surface area contributed by atoms with Gasteiger partial charge in [0.05, 0.1) is 29.5 Å². The van der Waals surface area contributed by atoms with E-state index in [0.29, 0.717) is 24.2 Å². The molecule has 4 aliphatic rings. The number of methoxy groups -OCH3 is 1. The van der Waals surface area contributed by atoms with Crippen molar-refractivity contribution in [1.29, 1.82) is 0 Å². The summed E-state index contributed by atoms with van der Waals surface area (Å²) in [7, 11) is 1.38. The van der Waals surface area contributed by atoms with Crippen LogP contribution < -0.4 is 0 Å². The van der Waals surface area contributed by atoms with Gasteiger partial charge in [-0.2, -0.15) is 0 Å². The summed E-state index contributed by atoms with van der Waals surface area (Å²) in [6, 6.07) is 17.0. The Morgan fingerprint density at radius 3 is 2.63 bits per heavy atom. The van der Waals surface area contributed by atoms with Crippen molar-refractivity contribution in [2.75, 3.05) is 20.2 Å². The minimum Gasteiger partial charge on any atom is -0.467 e. The third-order valence-electron chi connectivity index (χ3n) is 8.82. The molecule has 2 aromatic rings. The number of halogens is 1. The average molecular weight is 493 g/mol. The molecule has 1 aliphatic carbocycles. The molecule has 5 atom stereocenters. The highest BCUT2D eigenvalue weighted by Crippen LogP contribution is 2.66. The first-order valence-electron chi connectivity index (χ1n) is 12.4. The lowest BCUT2D eigenvalue weighted by Crippen LogP contribution is -2.71. The second kappa shape index (κ2) is 7.90. The summed E-state index contributed by atoms with van der Waals surface area (Å²) in [4.78, 5) is 32.8. The number of alkyl halides is 1. The average Bonchev–Trinajstić information content (AvgIpc) is 3.42. The lowest BCUT2D eigenvalue weighted by molar-refractivity contribution is -0.144. The molecule has 1 saturated carbocycles. The molecule has 6 nitrogen and oxygen atoms in total. The van der Waals surface area contributed by atoms with E-state index in [9.17, 15) is 9.59 Å². The van der Waals surface area contributed by atoms with Crippen LogP contribution in [0.1, 0.15) is 48.5 Å². The maximum absolute atomic E-state index is 13.4. The van der Waals surface area contributed by atoms with E-state index in [4.69, 9.17) is 26.1 Å². The van der Waals surface area contributed by atoms with Crippen molar-refractivity contribution >= 4 is 34.9 Å². The number of carbonyl (C=O) groups excluding carboxylic acids is 2. The number of fused-ring (bicyclic) bond motifs is 1. The fourth-order valence-electron chi connectivity index (χ4n) is 7.55. The zero-order valence-electron chi connectivity index (χ0n) is 20.0. The number of benzene rings is 2. The second-order valence-corrected chi connectivity index (χ2v) is 10.9. The van der Waals surface area contributed by atoms with Gasteiger partial charge in [-0.05, 0) is 61.4 Å². The van der Waals surface area contributed by atoms with Crippen LogP contribution in [0.3, 0.4) is 0 Å². The predicted molar refractivity (Wildman–Crippen MR) is 133 cm³/mol. The molecule has 0 unspecified atom stereocenters. The molecule has 0 radical (unpaired) electrons. The number of piperidine rings is 1. The van der Waals surface area contributed by atoms with Gasteiger partial charge in [0.2, 0.25) is 0 Å². The number of aliphatic imine (C=N–C) groups is 1. The Hall–Kier alpha value is -2.70. The second-order valence-electron chi connectivity index (χ2n) is 10.3. The van der Waals surface area contributed by atoms with Crippen LogP contribution in [0.15, 0.2) is 59.6 Å². The van der Waals surface area contributed by atoms with E-state index in [-0.39, 0.29) is 17.4 Å². The van der Waals surface area contributed by atoms with Crippen molar-refractivity contribution in [2.24, 2.45) is 10.4 Å². The molecule has 3 aliphatic heterocycles. The number of para-hydroxylation sites is 1. The lowest BCUT2D eigenvalue weighted by Gasteiger charge is -2.59. The molecular formula is C28H29ClN2O4. The number of carbonyl (C=O) groups is 2. The Morgan fingerprint density at radius 1 is 1.14 bits per heavy atom. The molecular weight excluding hydrogens is 464 g/mol. The van der Waals surface area contributed by atoms with Gasteiger partial charge in [0.25, 0.3) is 0 Å². The van der Waals surface area contributed by atoms with Gasteiger partial charge in [-0.15, -0.1) is 0 Å². The Bertz CT molecular complexity index is 1230. The SMILES string of the molecule is CC[C@]12CCCN3C[C@H](OC(=O)c4ccccc4)[C@]4(C(=Nc5ccccc54)[C@@](Cl)(C(=O)OC)C1)[C@@H]32. The van der Waals surface area contributed by atoms with Crippen molar-refractivity contribution in [3.8, 4) is 0 Å². The first kappa shape index (κ1) is 22.7. The zero-order chi connectivity index (χ0) is 24.4. The third-order valence-corrected chi connectivity index (χ3v) is 9.29. The largest absolute Gasteiger partial charge is 0.467 e. The van der Waals surface area contributed by atoms with Gasteiger partial charge in [0, 0.05) is 12.6 Å². The highest BCUT2D eigenvalue weighted by atomic mass is 35.5. The molecule has 0 amide bonds. The zero-order valence-corrected chi connectivity index (χ0v) is 20.8. The summed E-state index contributed by atoms with van der Waals surface area (Å²) in [5.41, 5.74) is 1.80. The van der Waals surface area contributed by atoms with Gasteiger partial charge in [0.15, 0.2) is 4.87 Å². The molecule has 182 valence electrons. The first-order valence-corrected chi connectivity index (χ1v) is 12.7. The Morgan fingerprint density at radius 2 is 1.89 bits per heavy atom. The first-order chi connectivity index (χ1) is 16.9. The third kappa shape index (κ3) is 2.90. The quantitative estimate of drug-likeness (QED) is 0.458. The van der Waals surface area contributed by atoms with E-state index in [1.165, 1.54) is 7.11 Å². The van der Waals surface area contributed by atoms with E-state index in [1.54, 1.807) is 12.1 Å². The van der Waals surface area contributed by atoms with Gasteiger partial charge in [-0.3, -0.25) is 9.89 Å². The summed E-state index contributed by atoms with van der Waals surface area (Å²) in [5.74, 6) is -0.868. The molecule has 2 aromatic carbocycles. The fourth-order valence-corrected chi connectivity index (χ4v) is 8.09. The number of hydrogen-bond acceptors (Lipinski definition) is 6. The van der Waals surface area contributed by atoms with Crippen LogP contribution >= 0.6 is 11.6 Å². The topological polar surface area (TPSA) is 68.2 Å². The van der Waals surface area contributed by atoms with Crippen molar-refractivity contribution in [3.05, 3.63) is 65.7 Å². The summed E-state index contributed by atoms with van der Waals surface area (Å²) < 4.78 is 11.6. The summed E-state index contributed by atoms with van der Waals surface area (Å²) in [6.07, 6.45) is 2.74. The number of ether oxygens (including phenoxy) is 2. The van der Waals surface area contributed by atoms with Crippen LogP contribution in [-0.4, -0.2) is 59.8 Å². The van der Waals surface area contributed by atoms with E-state index in [2.05, 4.69) is 17.9 Å². The smallest absolute Gasteiger partial charge is 0.338 e. The van der Waals surface area contributed by atoms with Gasteiger partial charge >= 0.3 is 11.9 Å². The van der Waals surface area contributed by atoms with Gasteiger partial charge in [0.1, 0.15) is 6.10 Å². The van der Waals surface area contributed by atoms with Crippen LogP contribution in [0.4, 0.5) is 5.69 Å². The molecule has 0 N–H and O–H groups in total. The van der Waals surface area contributed by atoms with Gasteiger partial charge in [-0.25, -0.2) is 9.59 Å². The molecule has 3 fully saturated rings. The fraction of sp³-hybridized carbons (Fsp3) is 0.464. The molecule has 2 saturated heterocycles. The van der Waals surface area contributed by atoms with Crippen molar-refractivity contribution < 1.29 is 19.1 Å². The summed E-state index contributed by atoms with van der Waals surface area (Å²) in [5, 5.41) is 0. The monoisotopic (exact) mass is 492 g/mol. The van der Waals surface area contributed by atoms with Crippen molar-refractivity contribution in [1.82, 2.24) is 4.90 Å². The van der Waals surface area contributed by atoms with Crippen LogP contribution in [0.25, 0.3) is 0 Å². The number of esters is 2. The van der Waals surface area contributed by atoms with Crippen molar-refractivity contribution in [2.45, 2.75) is 55.0 Å². The normalized spacial score (nSPS) is 34.9. The Labute approximate surface area is 210 Å². The minimum atomic E-state index is -1.43. The van der Waals surface area contributed by atoms with Crippen LogP contribution in [0, 0.1) is 5.41 Å². The molecule has 6 rings (SSSR count). The van der Waals surface area contributed by atoms with Crippen molar-refractivity contribution in [3.63, 3.8) is 0 Å². The standard InChI is InChI=1S/C28H29ClN2O4/c1-3-26-14-9-15-31-16-21(35-22(32)18-10-5-4-6-11-18)28(24(26)31)19-12-7-8-13-20(19)30-23(28)27(29,17-26)25(33)34-2/h4-8,10-13,21,24H,3,9,14-17H2,1-2H3/t21-,24-,26-,27+,28+/m0/s1. The molecule has 1 spiro atoms. The summed E-state index contributed by atoms with van der Waals surface area (Å²) in [6.45, 7) is 3.67. The van der Waals surface area contributed by atoms with Gasteiger partial charge < -0.3 is 9.47 Å². The minimum absolute atomic E-state index is 0.0289. The molecule has 3 heterocycles. The highest BCUT2D eigenvalue weighted by molar-refractivity contribution is 6.49. The number of hydrogen-bond donors (Lipinski definition) is 0. The Kier molecular flexibility index (Phi) is 5.14. The van der Waals surface area contributed by atoms with Gasteiger partial charge in [-0.1, -0.05) is 54.9 Å². The van der Waals surface area contributed by atoms with Crippen LogP contribution in [0.5, 0.6) is 0 Å². The number of nitrogens with zero attached hydrogens (tertiary/aromatic N) is 2. The Balaban J connectivity index is 1.59. The van der Waals surface area contributed by atoms with E-state index < -0.39 is 22.4 Å². The molecule has 0 bridgehead atoms. The molecule has 0 aromatic heterocycles. The van der Waals surface area contributed by atoms with Crippen LogP contribution in [-0.2, 0) is 19.7 Å². The van der Waals surface area contributed by atoms with E-state index in [0.717, 1.165) is 37.1 Å². The lowest BCUT2D eigenvalue weighted by atomic mass is 9.49. The molecule has 7 heteroatoms. The van der Waals surface area contributed by atoms with E-state index >= 15 is 0 Å². The predicted octanol–water partition coefficient (Wildman–Crippen LogP) is 4.66. The molecule has 35 heavy (non-hydrogen) atoms. The van der Waals surface area contributed by atoms with E-state index in [1.807, 2.05) is 36.4 Å². The van der Waals surface area contributed by atoms with Crippen LogP contribution in [0.2, 0.25) is 0 Å². The number of rotatable bonds is 4. The maximum Gasteiger partial charge on any atom is 0.338 e.